The lowest BCUT2D eigenvalue weighted by atomic mass is 9.97. The van der Waals surface area contributed by atoms with Gasteiger partial charge in [0, 0.05) is 32.0 Å². The van der Waals surface area contributed by atoms with Gasteiger partial charge in [-0.1, -0.05) is 11.6 Å². The highest BCUT2D eigenvalue weighted by atomic mass is 16.2. The van der Waals surface area contributed by atoms with Crippen molar-refractivity contribution in [2.45, 2.75) is 46.0 Å². The van der Waals surface area contributed by atoms with Gasteiger partial charge in [-0.25, -0.2) is 9.97 Å². The molecule has 0 aliphatic heterocycles. The maximum atomic E-state index is 12.2. The molecular weight excluding hydrogens is 276 g/mol. The van der Waals surface area contributed by atoms with E-state index in [-0.39, 0.29) is 5.91 Å². The van der Waals surface area contributed by atoms with Gasteiger partial charge in [0.1, 0.15) is 0 Å². The minimum atomic E-state index is -0.0103. The number of hydrogen-bond donors (Lipinski definition) is 1. The van der Waals surface area contributed by atoms with Crippen LogP contribution in [0.5, 0.6) is 0 Å². The molecule has 0 spiro atoms. The SMILES string of the molecule is CCN(CC)C(=O)c1cnc(NCCC2=CCCCC2)nc1. The third-order valence-corrected chi connectivity index (χ3v) is 4.06. The lowest BCUT2D eigenvalue weighted by Gasteiger charge is -2.18. The van der Waals surface area contributed by atoms with Crippen LogP contribution in [0.1, 0.15) is 56.3 Å². The molecule has 1 aromatic heterocycles. The van der Waals surface area contributed by atoms with Gasteiger partial charge >= 0.3 is 0 Å². The highest BCUT2D eigenvalue weighted by Gasteiger charge is 2.13. The Hall–Kier alpha value is -1.91. The molecule has 1 amide bonds. The zero-order chi connectivity index (χ0) is 15.8. The summed E-state index contributed by atoms with van der Waals surface area (Å²) in [6.07, 6.45) is 11.7. The summed E-state index contributed by atoms with van der Waals surface area (Å²) < 4.78 is 0. The topological polar surface area (TPSA) is 58.1 Å². The fourth-order valence-corrected chi connectivity index (χ4v) is 2.69. The Morgan fingerprint density at radius 3 is 2.55 bits per heavy atom. The highest BCUT2D eigenvalue weighted by molar-refractivity contribution is 5.93. The molecule has 0 radical (unpaired) electrons. The fraction of sp³-hybridized carbons (Fsp3) is 0.588. The number of anilines is 1. The summed E-state index contributed by atoms with van der Waals surface area (Å²) in [4.78, 5) is 22.4. The molecule has 1 aliphatic rings. The summed E-state index contributed by atoms with van der Waals surface area (Å²) >= 11 is 0. The maximum absolute atomic E-state index is 12.2. The molecule has 0 saturated heterocycles. The van der Waals surface area contributed by atoms with Gasteiger partial charge in [0.2, 0.25) is 5.95 Å². The van der Waals surface area contributed by atoms with Crippen molar-refractivity contribution in [3.63, 3.8) is 0 Å². The molecule has 0 aromatic carbocycles. The molecule has 2 rings (SSSR count). The second-order valence-electron chi connectivity index (χ2n) is 5.56. The lowest BCUT2D eigenvalue weighted by molar-refractivity contribution is 0.0772. The zero-order valence-electron chi connectivity index (χ0n) is 13.6. The smallest absolute Gasteiger partial charge is 0.256 e. The second kappa shape index (κ2) is 8.51. The normalized spacial score (nSPS) is 14.4. The van der Waals surface area contributed by atoms with Crippen molar-refractivity contribution in [3.05, 3.63) is 29.6 Å². The number of rotatable bonds is 7. The van der Waals surface area contributed by atoms with Crippen LogP contribution in [0.15, 0.2) is 24.0 Å². The fourth-order valence-electron chi connectivity index (χ4n) is 2.69. The van der Waals surface area contributed by atoms with E-state index in [9.17, 15) is 4.79 Å². The summed E-state index contributed by atoms with van der Waals surface area (Å²) in [6, 6.07) is 0. The molecule has 1 aliphatic carbocycles. The first kappa shape index (κ1) is 16.5. The van der Waals surface area contributed by atoms with Crippen LogP contribution in [0.25, 0.3) is 0 Å². The molecule has 0 saturated carbocycles. The number of hydrogen-bond acceptors (Lipinski definition) is 4. The van der Waals surface area contributed by atoms with E-state index in [1.54, 1.807) is 17.3 Å². The Kier molecular flexibility index (Phi) is 6.37. The summed E-state index contributed by atoms with van der Waals surface area (Å²) in [7, 11) is 0. The first-order valence-electron chi connectivity index (χ1n) is 8.27. The van der Waals surface area contributed by atoms with Crippen LogP contribution in [-0.2, 0) is 0 Å². The monoisotopic (exact) mass is 302 g/mol. The van der Waals surface area contributed by atoms with Crippen LogP contribution in [0.4, 0.5) is 5.95 Å². The van der Waals surface area contributed by atoms with E-state index in [2.05, 4.69) is 21.4 Å². The number of nitrogens with one attached hydrogen (secondary N) is 1. The third kappa shape index (κ3) is 4.55. The summed E-state index contributed by atoms with van der Waals surface area (Å²) in [5.41, 5.74) is 2.08. The van der Waals surface area contributed by atoms with Crippen LogP contribution in [0.2, 0.25) is 0 Å². The zero-order valence-corrected chi connectivity index (χ0v) is 13.6. The van der Waals surface area contributed by atoms with E-state index in [1.807, 2.05) is 13.8 Å². The Labute approximate surface area is 132 Å². The number of nitrogens with zero attached hydrogens (tertiary/aromatic N) is 3. The molecular formula is C17H26N4O. The maximum Gasteiger partial charge on any atom is 0.256 e. The van der Waals surface area contributed by atoms with E-state index in [4.69, 9.17) is 0 Å². The van der Waals surface area contributed by atoms with Gasteiger partial charge in [-0.05, 0) is 46.0 Å². The van der Waals surface area contributed by atoms with E-state index in [0.717, 1.165) is 13.0 Å². The van der Waals surface area contributed by atoms with Crippen molar-refractivity contribution < 1.29 is 4.79 Å². The van der Waals surface area contributed by atoms with Gasteiger partial charge in [0.25, 0.3) is 5.91 Å². The van der Waals surface area contributed by atoms with Gasteiger partial charge in [-0.3, -0.25) is 4.79 Å². The Morgan fingerprint density at radius 1 is 1.23 bits per heavy atom. The summed E-state index contributed by atoms with van der Waals surface area (Å²) in [5.74, 6) is 0.580. The standard InChI is InChI=1S/C17H26N4O/c1-3-21(4-2)16(22)15-12-19-17(20-13-15)18-11-10-14-8-6-5-7-9-14/h8,12-13H,3-7,9-11H2,1-2H3,(H,18,19,20). The van der Waals surface area contributed by atoms with E-state index in [1.165, 1.54) is 31.3 Å². The van der Waals surface area contributed by atoms with Gasteiger partial charge in [-0.2, -0.15) is 0 Å². The second-order valence-corrected chi connectivity index (χ2v) is 5.56. The minimum Gasteiger partial charge on any atom is -0.354 e. The molecule has 0 bridgehead atoms. The number of carbonyl (C=O) groups is 1. The molecule has 1 aromatic rings. The van der Waals surface area contributed by atoms with Crippen LogP contribution in [-0.4, -0.2) is 40.4 Å². The molecule has 0 fully saturated rings. The number of carbonyl (C=O) groups excluding carboxylic acids is 1. The molecule has 0 unspecified atom stereocenters. The minimum absolute atomic E-state index is 0.0103. The third-order valence-electron chi connectivity index (χ3n) is 4.06. The lowest BCUT2D eigenvalue weighted by Crippen LogP contribution is -2.30. The molecule has 5 heteroatoms. The Morgan fingerprint density at radius 2 is 1.95 bits per heavy atom. The molecule has 5 nitrogen and oxygen atoms in total. The van der Waals surface area contributed by atoms with Crippen LogP contribution in [0.3, 0.4) is 0 Å². The number of amides is 1. The van der Waals surface area contributed by atoms with Crippen molar-refractivity contribution in [2.75, 3.05) is 25.0 Å². The largest absolute Gasteiger partial charge is 0.354 e. The van der Waals surface area contributed by atoms with Gasteiger partial charge in [-0.15, -0.1) is 0 Å². The average Bonchev–Trinajstić information content (AvgIpc) is 2.57. The summed E-state index contributed by atoms with van der Waals surface area (Å²) in [6.45, 7) is 6.18. The van der Waals surface area contributed by atoms with E-state index < -0.39 is 0 Å². The quantitative estimate of drug-likeness (QED) is 0.785. The average molecular weight is 302 g/mol. The Bertz CT molecular complexity index is 506. The number of allylic oxidation sites excluding steroid dienone is 1. The van der Waals surface area contributed by atoms with Crippen LogP contribution in [0, 0.1) is 0 Å². The highest BCUT2D eigenvalue weighted by Crippen LogP contribution is 2.19. The van der Waals surface area contributed by atoms with E-state index >= 15 is 0 Å². The van der Waals surface area contributed by atoms with Crippen LogP contribution >= 0.6 is 0 Å². The van der Waals surface area contributed by atoms with E-state index in [0.29, 0.717) is 24.6 Å². The summed E-state index contributed by atoms with van der Waals surface area (Å²) in [5, 5.41) is 3.23. The first-order valence-corrected chi connectivity index (χ1v) is 8.27. The van der Waals surface area contributed by atoms with Crippen molar-refractivity contribution >= 4 is 11.9 Å². The van der Waals surface area contributed by atoms with Gasteiger partial charge in [0.15, 0.2) is 0 Å². The van der Waals surface area contributed by atoms with Crippen LogP contribution < -0.4 is 5.32 Å². The molecule has 22 heavy (non-hydrogen) atoms. The van der Waals surface area contributed by atoms with Gasteiger partial charge in [0.05, 0.1) is 5.56 Å². The predicted molar refractivity (Wildman–Crippen MR) is 88.9 cm³/mol. The molecule has 1 heterocycles. The molecule has 0 atom stereocenters. The molecule has 120 valence electrons. The van der Waals surface area contributed by atoms with Crippen molar-refractivity contribution in [1.29, 1.82) is 0 Å². The molecule has 1 N–H and O–H groups in total. The van der Waals surface area contributed by atoms with Crippen molar-refractivity contribution in [1.82, 2.24) is 14.9 Å². The Balaban J connectivity index is 1.83. The predicted octanol–water partition coefficient (Wildman–Crippen LogP) is 3.26. The number of aromatic nitrogens is 2. The van der Waals surface area contributed by atoms with Gasteiger partial charge < -0.3 is 10.2 Å². The first-order chi connectivity index (χ1) is 10.7. The van der Waals surface area contributed by atoms with Crippen molar-refractivity contribution in [3.8, 4) is 0 Å². The van der Waals surface area contributed by atoms with Crippen molar-refractivity contribution in [2.24, 2.45) is 0 Å².